The summed E-state index contributed by atoms with van der Waals surface area (Å²) < 4.78 is 66.8. The number of imidazole rings is 1. The average molecular weight is 416 g/mol. The summed E-state index contributed by atoms with van der Waals surface area (Å²) in [6, 6.07) is 7.42. The summed E-state index contributed by atoms with van der Waals surface area (Å²) >= 11 is 0. The van der Waals surface area contributed by atoms with Crippen molar-refractivity contribution in [1.82, 2.24) is 19.4 Å². The molecule has 1 aromatic carbocycles. The second-order valence-corrected chi connectivity index (χ2v) is 8.87. The highest BCUT2D eigenvalue weighted by Crippen LogP contribution is 2.44. The summed E-state index contributed by atoms with van der Waals surface area (Å²) in [6.45, 7) is 0. The summed E-state index contributed by atoms with van der Waals surface area (Å²) in [4.78, 5) is 6.82. The quantitative estimate of drug-likeness (QED) is 0.761. The van der Waals surface area contributed by atoms with Gasteiger partial charge in [-0.3, -0.25) is 0 Å². The number of nitrogens with one attached hydrogen (secondary N) is 1. The smallest absolute Gasteiger partial charge is 0.340 e. The third kappa shape index (κ3) is 4.56. The fourth-order valence-electron chi connectivity index (χ4n) is 3.77. The third-order valence-corrected chi connectivity index (χ3v) is 6.62. The first kappa shape index (κ1) is 20.8. The van der Waals surface area contributed by atoms with E-state index < -0.39 is 34.1 Å². The summed E-state index contributed by atoms with van der Waals surface area (Å²) in [5, 5.41) is 1.41. The zero-order valence-electron chi connectivity index (χ0n) is 15.6. The van der Waals surface area contributed by atoms with Crippen molar-refractivity contribution < 1.29 is 21.6 Å². The van der Waals surface area contributed by atoms with Crippen molar-refractivity contribution in [3.63, 3.8) is 0 Å². The Bertz CT molecular complexity index is 899. The van der Waals surface area contributed by atoms with Crippen LogP contribution in [0, 0.1) is 5.92 Å². The first-order valence-corrected chi connectivity index (χ1v) is 10.4. The van der Waals surface area contributed by atoms with Crippen LogP contribution in [0.3, 0.4) is 0 Å². The molecule has 0 amide bonds. The van der Waals surface area contributed by atoms with Crippen molar-refractivity contribution in [3.05, 3.63) is 48.5 Å². The molecule has 0 spiro atoms. The SMILES string of the molecule is CN(NS(=O)(=O)c1ccccc1)[C@H]1CC[C@H](C(F)(F)F)C[C@@H]1c1cn(C)cn1. The zero-order valence-corrected chi connectivity index (χ0v) is 16.4. The van der Waals surface area contributed by atoms with Gasteiger partial charge >= 0.3 is 6.18 Å². The Morgan fingerprint density at radius 2 is 1.89 bits per heavy atom. The van der Waals surface area contributed by atoms with Gasteiger partial charge in [0.15, 0.2) is 0 Å². The van der Waals surface area contributed by atoms with Gasteiger partial charge in [0, 0.05) is 32.3 Å². The maximum atomic E-state index is 13.3. The number of aromatic nitrogens is 2. The Morgan fingerprint density at radius 3 is 2.46 bits per heavy atom. The molecule has 6 nitrogen and oxygen atoms in total. The van der Waals surface area contributed by atoms with Crippen molar-refractivity contribution in [3.8, 4) is 0 Å². The molecular weight excluding hydrogens is 393 g/mol. The summed E-state index contributed by atoms with van der Waals surface area (Å²) in [6.07, 6.45) is -1.01. The number of likely N-dealkylation sites (N-methyl/N-ethyl adjacent to an activating group) is 1. The lowest BCUT2D eigenvalue weighted by atomic mass is 9.76. The normalized spacial score (nSPS) is 23.9. The molecule has 1 aromatic heterocycles. The molecule has 1 N–H and O–H groups in total. The monoisotopic (exact) mass is 416 g/mol. The Balaban J connectivity index is 1.84. The van der Waals surface area contributed by atoms with Crippen LogP contribution in [0.1, 0.15) is 30.9 Å². The highest BCUT2D eigenvalue weighted by molar-refractivity contribution is 7.89. The highest BCUT2D eigenvalue weighted by atomic mass is 32.2. The predicted octanol–water partition coefficient (Wildman–Crippen LogP) is 3.06. The molecule has 3 rings (SSSR count). The average Bonchev–Trinajstić information content (AvgIpc) is 3.07. The number of aryl methyl sites for hydroxylation is 1. The number of alkyl halides is 3. The molecule has 1 aliphatic rings. The Morgan fingerprint density at radius 1 is 1.21 bits per heavy atom. The number of hydrazine groups is 1. The Hall–Kier alpha value is -1.91. The van der Waals surface area contributed by atoms with E-state index in [9.17, 15) is 21.6 Å². The molecular formula is C18H23F3N4O2S. The van der Waals surface area contributed by atoms with Gasteiger partial charge in [0.05, 0.1) is 22.8 Å². The van der Waals surface area contributed by atoms with Crippen LogP contribution in [0.15, 0.2) is 47.8 Å². The lowest BCUT2D eigenvalue weighted by molar-refractivity contribution is -0.186. The molecule has 2 aromatic rings. The standard InChI is InChI=1S/C18H23F3N4O2S/c1-24-11-16(22-12-24)15-10-13(18(19,20)21)8-9-17(15)25(2)23-28(26,27)14-6-4-3-5-7-14/h3-7,11-13,15,17,23H,8-10H2,1-2H3/t13-,15+,17-/m0/s1. The second kappa shape index (κ2) is 7.84. The van der Waals surface area contributed by atoms with E-state index in [2.05, 4.69) is 9.82 Å². The van der Waals surface area contributed by atoms with Crippen LogP contribution in [0.2, 0.25) is 0 Å². The van der Waals surface area contributed by atoms with E-state index in [0.717, 1.165) is 0 Å². The number of halogens is 3. The third-order valence-electron chi connectivity index (χ3n) is 5.20. The molecule has 0 radical (unpaired) electrons. The number of nitrogens with zero attached hydrogens (tertiary/aromatic N) is 3. The maximum absolute atomic E-state index is 13.3. The maximum Gasteiger partial charge on any atom is 0.391 e. The van der Waals surface area contributed by atoms with E-state index in [1.54, 1.807) is 43.1 Å². The molecule has 0 saturated heterocycles. The topological polar surface area (TPSA) is 67.2 Å². The molecule has 1 heterocycles. The Kier molecular flexibility index (Phi) is 5.83. The lowest BCUT2D eigenvalue weighted by Crippen LogP contribution is -2.51. The summed E-state index contributed by atoms with van der Waals surface area (Å²) in [7, 11) is -0.525. The van der Waals surface area contributed by atoms with Gasteiger partial charge in [-0.2, -0.15) is 13.2 Å². The Labute approximate surface area is 162 Å². The zero-order chi connectivity index (χ0) is 20.5. The van der Waals surface area contributed by atoms with Crippen LogP contribution >= 0.6 is 0 Å². The minimum atomic E-state index is -4.28. The predicted molar refractivity (Wildman–Crippen MR) is 97.7 cm³/mol. The molecule has 154 valence electrons. The van der Waals surface area contributed by atoms with Crippen molar-refractivity contribution in [1.29, 1.82) is 0 Å². The molecule has 1 aliphatic carbocycles. The number of benzene rings is 1. The first-order valence-electron chi connectivity index (χ1n) is 8.93. The number of hydrogen-bond donors (Lipinski definition) is 1. The molecule has 1 fully saturated rings. The largest absolute Gasteiger partial charge is 0.391 e. The lowest BCUT2D eigenvalue weighted by Gasteiger charge is -2.40. The van der Waals surface area contributed by atoms with Gasteiger partial charge in [0.1, 0.15) is 0 Å². The molecule has 0 aliphatic heterocycles. The van der Waals surface area contributed by atoms with Gasteiger partial charge in [0.2, 0.25) is 0 Å². The van der Waals surface area contributed by atoms with Crippen molar-refractivity contribution in [2.75, 3.05) is 7.05 Å². The van der Waals surface area contributed by atoms with E-state index >= 15 is 0 Å². The molecule has 28 heavy (non-hydrogen) atoms. The van der Waals surface area contributed by atoms with E-state index in [4.69, 9.17) is 0 Å². The van der Waals surface area contributed by atoms with Crippen LogP contribution in [0.25, 0.3) is 0 Å². The number of hydrogen-bond acceptors (Lipinski definition) is 4. The van der Waals surface area contributed by atoms with Crippen molar-refractivity contribution >= 4 is 10.0 Å². The number of sulfonamides is 1. The van der Waals surface area contributed by atoms with Gasteiger partial charge in [-0.1, -0.05) is 18.2 Å². The summed E-state index contributed by atoms with van der Waals surface area (Å²) in [5.74, 6) is -1.96. The van der Waals surface area contributed by atoms with E-state index in [0.29, 0.717) is 5.69 Å². The second-order valence-electron chi connectivity index (χ2n) is 7.21. The summed E-state index contributed by atoms with van der Waals surface area (Å²) in [5.41, 5.74) is 0.534. The molecule has 10 heteroatoms. The van der Waals surface area contributed by atoms with Crippen molar-refractivity contribution in [2.45, 2.75) is 42.3 Å². The van der Waals surface area contributed by atoms with Crippen LogP contribution in [-0.4, -0.2) is 42.2 Å². The van der Waals surface area contributed by atoms with Gasteiger partial charge < -0.3 is 4.57 Å². The van der Waals surface area contributed by atoms with Gasteiger partial charge in [-0.05, 0) is 31.4 Å². The van der Waals surface area contributed by atoms with Crippen LogP contribution in [-0.2, 0) is 17.1 Å². The minimum absolute atomic E-state index is 0.0467. The van der Waals surface area contributed by atoms with Gasteiger partial charge in [0.25, 0.3) is 10.0 Å². The first-order chi connectivity index (χ1) is 13.1. The van der Waals surface area contributed by atoms with Crippen molar-refractivity contribution in [2.24, 2.45) is 13.0 Å². The van der Waals surface area contributed by atoms with E-state index in [1.807, 2.05) is 0 Å². The van der Waals surface area contributed by atoms with Gasteiger partial charge in [-0.15, -0.1) is 4.83 Å². The minimum Gasteiger partial charge on any atom is -0.340 e. The van der Waals surface area contributed by atoms with Crippen LogP contribution in [0.5, 0.6) is 0 Å². The fourth-order valence-corrected chi connectivity index (χ4v) is 4.90. The van der Waals surface area contributed by atoms with Gasteiger partial charge in [-0.25, -0.2) is 18.4 Å². The fraction of sp³-hybridized carbons (Fsp3) is 0.500. The van der Waals surface area contributed by atoms with Crippen LogP contribution < -0.4 is 4.83 Å². The molecule has 3 atom stereocenters. The molecule has 0 bridgehead atoms. The highest BCUT2D eigenvalue weighted by Gasteiger charge is 2.47. The van der Waals surface area contributed by atoms with E-state index in [1.165, 1.54) is 23.5 Å². The molecule has 0 unspecified atom stereocenters. The molecule has 1 saturated carbocycles. The van der Waals surface area contributed by atoms with E-state index in [-0.39, 0.29) is 24.2 Å². The number of rotatable bonds is 5. The van der Waals surface area contributed by atoms with Crippen LogP contribution in [0.4, 0.5) is 13.2 Å².